The van der Waals surface area contributed by atoms with E-state index in [1.807, 2.05) is 24.3 Å². The predicted octanol–water partition coefficient (Wildman–Crippen LogP) is 9.15. The van der Waals surface area contributed by atoms with E-state index in [0.717, 1.165) is 48.4 Å². The lowest BCUT2D eigenvalue weighted by Gasteiger charge is -2.18. The number of aryl methyl sites for hydroxylation is 1. The van der Waals surface area contributed by atoms with Crippen LogP contribution in [0.3, 0.4) is 0 Å². The van der Waals surface area contributed by atoms with E-state index in [-0.39, 0.29) is 6.61 Å². The number of fused-ring (bicyclic) bond motifs is 1. The highest BCUT2D eigenvalue weighted by Gasteiger charge is 2.24. The van der Waals surface area contributed by atoms with E-state index in [4.69, 9.17) is 4.18 Å². The van der Waals surface area contributed by atoms with Crippen molar-refractivity contribution in [3.63, 3.8) is 0 Å². The lowest BCUT2D eigenvalue weighted by Crippen LogP contribution is -2.12. The van der Waals surface area contributed by atoms with Gasteiger partial charge in [0.1, 0.15) is 4.90 Å². The first-order valence-electron chi connectivity index (χ1n) is 14.0. The smallest absolute Gasteiger partial charge is 0.267 e. The Balaban J connectivity index is 2.24. The second-order valence-electron chi connectivity index (χ2n) is 9.67. The summed E-state index contributed by atoms with van der Waals surface area (Å²) in [4.78, 5) is 0.427. The van der Waals surface area contributed by atoms with Crippen LogP contribution in [0.5, 0.6) is 0 Å². The van der Waals surface area contributed by atoms with Gasteiger partial charge >= 0.3 is 0 Å². The maximum absolute atomic E-state index is 13.3. The molecule has 0 spiro atoms. The number of benzene rings is 2. The number of rotatable bonds is 19. The summed E-state index contributed by atoms with van der Waals surface area (Å²) in [6.07, 6.45) is 19.1. The van der Waals surface area contributed by atoms with E-state index >= 15 is 0 Å². The van der Waals surface area contributed by atoms with Crippen molar-refractivity contribution < 1.29 is 12.6 Å². The van der Waals surface area contributed by atoms with Crippen LogP contribution in [0.25, 0.3) is 10.8 Å². The number of hydrogen-bond donors (Lipinski definition) is 0. The largest absolute Gasteiger partial charge is 0.297 e. The minimum absolute atomic E-state index is 0.162. The van der Waals surface area contributed by atoms with Gasteiger partial charge in [-0.3, -0.25) is 4.18 Å². The SMILES string of the molecule is CCCCCCCCCc1cc2ccccc2c(S(=O)(=O)OCC)c1CCCCCCCCC. The molecule has 34 heavy (non-hydrogen) atoms. The molecule has 3 nitrogen and oxygen atoms in total. The van der Waals surface area contributed by atoms with Gasteiger partial charge in [-0.25, -0.2) is 0 Å². The predicted molar refractivity (Wildman–Crippen MR) is 146 cm³/mol. The van der Waals surface area contributed by atoms with Crippen molar-refractivity contribution in [2.45, 2.75) is 128 Å². The molecule has 0 heterocycles. The average Bonchev–Trinajstić information content (AvgIpc) is 2.82. The Labute approximate surface area is 209 Å². The van der Waals surface area contributed by atoms with Crippen molar-refractivity contribution in [3.8, 4) is 0 Å². The lowest BCUT2D eigenvalue weighted by atomic mass is 9.93. The van der Waals surface area contributed by atoms with E-state index in [9.17, 15) is 8.42 Å². The fraction of sp³-hybridized carbons (Fsp3) is 0.667. The summed E-state index contributed by atoms with van der Waals surface area (Å²) >= 11 is 0. The minimum atomic E-state index is -3.79. The van der Waals surface area contributed by atoms with Gasteiger partial charge in [0.05, 0.1) is 6.61 Å². The average molecular weight is 489 g/mol. The van der Waals surface area contributed by atoms with Crippen LogP contribution in [0.1, 0.15) is 122 Å². The van der Waals surface area contributed by atoms with Crippen molar-refractivity contribution in [2.75, 3.05) is 6.61 Å². The second kappa shape index (κ2) is 16.3. The highest BCUT2D eigenvalue weighted by atomic mass is 32.2. The van der Waals surface area contributed by atoms with Crippen molar-refractivity contribution in [3.05, 3.63) is 41.5 Å². The standard InChI is InChI=1S/C30H48O3S/c1-4-7-9-11-13-15-17-21-26-25-27-22-19-20-24-29(27)30(34(31,32)33-6-3)28(26)23-18-16-14-12-10-8-5-2/h19-20,22,24-25H,4-18,21,23H2,1-3H3. The molecule has 0 saturated carbocycles. The normalized spacial score (nSPS) is 12.0. The Bertz CT molecular complexity index is 933. The van der Waals surface area contributed by atoms with Crippen molar-refractivity contribution in [2.24, 2.45) is 0 Å². The summed E-state index contributed by atoms with van der Waals surface area (Å²) in [6, 6.07) is 10.1. The lowest BCUT2D eigenvalue weighted by molar-refractivity contribution is 0.338. The van der Waals surface area contributed by atoms with Crippen LogP contribution < -0.4 is 0 Å². The molecule has 0 aliphatic heterocycles. The molecule has 0 radical (unpaired) electrons. The summed E-state index contributed by atoms with van der Waals surface area (Å²) in [5, 5.41) is 1.80. The third-order valence-corrected chi connectivity index (χ3v) is 8.31. The zero-order valence-corrected chi connectivity index (χ0v) is 22.9. The van der Waals surface area contributed by atoms with E-state index in [1.165, 1.54) is 76.2 Å². The van der Waals surface area contributed by atoms with Gasteiger partial charge in [0.2, 0.25) is 0 Å². The van der Waals surface area contributed by atoms with E-state index in [1.54, 1.807) is 6.92 Å². The Hall–Kier alpha value is -1.39. The molecule has 0 atom stereocenters. The van der Waals surface area contributed by atoms with Crippen LogP contribution in [-0.2, 0) is 27.1 Å². The Morgan fingerprint density at radius 3 is 1.79 bits per heavy atom. The topological polar surface area (TPSA) is 43.4 Å². The molecular weight excluding hydrogens is 440 g/mol. The molecular formula is C30H48O3S. The third kappa shape index (κ3) is 9.34. The van der Waals surface area contributed by atoms with Crippen molar-refractivity contribution >= 4 is 20.9 Å². The highest BCUT2D eigenvalue weighted by molar-refractivity contribution is 7.87. The van der Waals surface area contributed by atoms with Crippen LogP contribution in [0.15, 0.2) is 35.2 Å². The summed E-state index contributed by atoms with van der Waals surface area (Å²) < 4.78 is 31.9. The fourth-order valence-corrected chi connectivity index (χ4v) is 6.36. The molecule has 0 fully saturated rings. The molecule has 0 N–H and O–H groups in total. The highest BCUT2D eigenvalue weighted by Crippen LogP contribution is 2.33. The zero-order chi connectivity index (χ0) is 24.7. The van der Waals surface area contributed by atoms with Gasteiger partial charge in [0, 0.05) is 5.39 Å². The molecule has 0 unspecified atom stereocenters. The van der Waals surface area contributed by atoms with Crippen molar-refractivity contribution in [1.82, 2.24) is 0 Å². The zero-order valence-electron chi connectivity index (χ0n) is 22.0. The van der Waals surface area contributed by atoms with E-state index in [2.05, 4.69) is 19.9 Å². The second-order valence-corrected chi connectivity index (χ2v) is 11.2. The van der Waals surface area contributed by atoms with Crippen LogP contribution in [0.4, 0.5) is 0 Å². The van der Waals surface area contributed by atoms with Crippen LogP contribution >= 0.6 is 0 Å². The van der Waals surface area contributed by atoms with Crippen LogP contribution in [0.2, 0.25) is 0 Å². The Morgan fingerprint density at radius 1 is 0.676 bits per heavy atom. The number of hydrogen-bond acceptors (Lipinski definition) is 3. The third-order valence-electron chi connectivity index (χ3n) is 6.80. The van der Waals surface area contributed by atoms with Gasteiger partial charge in [-0.1, -0.05) is 121 Å². The quantitative estimate of drug-likeness (QED) is 0.146. The Kier molecular flexibility index (Phi) is 13.8. The first-order valence-corrected chi connectivity index (χ1v) is 15.4. The van der Waals surface area contributed by atoms with E-state index in [0.29, 0.717) is 4.90 Å². The molecule has 0 bridgehead atoms. The van der Waals surface area contributed by atoms with Gasteiger partial charge in [0.15, 0.2) is 0 Å². The summed E-state index contributed by atoms with van der Waals surface area (Å²) in [5.74, 6) is 0. The monoisotopic (exact) mass is 488 g/mol. The maximum atomic E-state index is 13.3. The van der Waals surface area contributed by atoms with Crippen LogP contribution in [-0.4, -0.2) is 15.0 Å². The van der Waals surface area contributed by atoms with Crippen molar-refractivity contribution in [1.29, 1.82) is 0 Å². The summed E-state index contributed by atoms with van der Waals surface area (Å²) in [6.45, 7) is 6.40. The van der Waals surface area contributed by atoms with Gasteiger partial charge in [-0.2, -0.15) is 8.42 Å². The van der Waals surface area contributed by atoms with Gasteiger partial charge < -0.3 is 0 Å². The number of unbranched alkanes of at least 4 members (excludes halogenated alkanes) is 12. The molecule has 4 heteroatoms. The molecule has 192 valence electrons. The van der Waals surface area contributed by atoms with Gasteiger partial charge in [0.25, 0.3) is 10.1 Å². The van der Waals surface area contributed by atoms with Gasteiger partial charge in [-0.05, 0) is 49.1 Å². The summed E-state index contributed by atoms with van der Waals surface area (Å²) in [7, 11) is -3.79. The summed E-state index contributed by atoms with van der Waals surface area (Å²) in [5.41, 5.74) is 2.21. The molecule has 2 rings (SSSR count). The molecule has 0 saturated heterocycles. The van der Waals surface area contributed by atoms with E-state index < -0.39 is 10.1 Å². The molecule has 2 aromatic carbocycles. The molecule has 0 aromatic heterocycles. The Morgan fingerprint density at radius 2 is 1.21 bits per heavy atom. The molecule has 2 aromatic rings. The molecule has 0 aliphatic carbocycles. The minimum Gasteiger partial charge on any atom is -0.267 e. The first kappa shape index (κ1) is 28.8. The fourth-order valence-electron chi connectivity index (χ4n) is 4.94. The maximum Gasteiger partial charge on any atom is 0.297 e. The molecule has 0 aliphatic rings. The van der Waals surface area contributed by atoms with Crippen LogP contribution in [0, 0.1) is 0 Å². The van der Waals surface area contributed by atoms with Gasteiger partial charge in [-0.15, -0.1) is 0 Å². The molecule has 0 amide bonds. The first-order chi connectivity index (χ1) is 16.5.